The minimum atomic E-state index is 0.00472. The van der Waals surface area contributed by atoms with Crippen molar-refractivity contribution in [3.05, 3.63) is 34.9 Å². The summed E-state index contributed by atoms with van der Waals surface area (Å²) in [6.45, 7) is 2.08. The summed E-state index contributed by atoms with van der Waals surface area (Å²) in [5.41, 5.74) is 7.37. The van der Waals surface area contributed by atoms with Gasteiger partial charge in [-0.05, 0) is 55.2 Å². The van der Waals surface area contributed by atoms with Gasteiger partial charge in [0, 0.05) is 11.1 Å². The lowest BCUT2D eigenvalue weighted by molar-refractivity contribution is -0.127. The van der Waals surface area contributed by atoms with Gasteiger partial charge in [-0.15, -0.1) is 0 Å². The number of nitrogens with one attached hydrogen (secondary N) is 1. The summed E-state index contributed by atoms with van der Waals surface area (Å²) >= 11 is 5.93. The zero-order valence-corrected chi connectivity index (χ0v) is 13.1. The maximum Gasteiger partial charge on any atom is 0.225 e. The zero-order chi connectivity index (χ0) is 15.0. The van der Waals surface area contributed by atoms with Crippen molar-refractivity contribution in [2.24, 2.45) is 23.5 Å². The predicted molar refractivity (Wildman–Crippen MR) is 84.9 cm³/mol. The molecule has 2 fully saturated rings. The normalized spacial score (nSPS) is 32.1. The molecule has 5 unspecified atom stereocenters. The van der Waals surface area contributed by atoms with E-state index in [0.717, 1.165) is 29.8 Å². The Morgan fingerprint density at radius 1 is 1.33 bits per heavy atom. The van der Waals surface area contributed by atoms with Gasteiger partial charge in [0.15, 0.2) is 0 Å². The largest absolute Gasteiger partial charge is 0.349 e. The van der Waals surface area contributed by atoms with Crippen LogP contribution >= 0.6 is 11.6 Å². The Balaban J connectivity index is 1.69. The Hall–Kier alpha value is -1.06. The molecule has 2 bridgehead atoms. The number of benzene rings is 1. The van der Waals surface area contributed by atoms with Crippen LogP contribution in [-0.4, -0.2) is 11.9 Å². The molecular formula is C17H23ClN2O. The molecule has 114 valence electrons. The van der Waals surface area contributed by atoms with Crippen molar-refractivity contribution in [2.75, 3.05) is 0 Å². The highest BCUT2D eigenvalue weighted by Gasteiger charge is 2.49. The van der Waals surface area contributed by atoms with Crippen LogP contribution < -0.4 is 11.1 Å². The van der Waals surface area contributed by atoms with E-state index < -0.39 is 0 Å². The highest BCUT2D eigenvalue weighted by Crippen LogP contribution is 2.47. The smallest absolute Gasteiger partial charge is 0.225 e. The number of rotatable bonds is 4. The Morgan fingerprint density at radius 2 is 2.00 bits per heavy atom. The molecule has 0 heterocycles. The molecule has 3 nitrogen and oxygen atoms in total. The van der Waals surface area contributed by atoms with E-state index in [0.29, 0.717) is 11.8 Å². The van der Waals surface area contributed by atoms with Gasteiger partial charge in [-0.2, -0.15) is 0 Å². The lowest BCUT2D eigenvalue weighted by atomic mass is 9.84. The minimum absolute atomic E-state index is 0.00472. The summed E-state index contributed by atoms with van der Waals surface area (Å²) in [5, 5.41) is 3.92. The van der Waals surface area contributed by atoms with Crippen LogP contribution in [-0.2, 0) is 4.79 Å². The highest BCUT2D eigenvalue weighted by molar-refractivity contribution is 6.30. The number of hydrogen-bond acceptors (Lipinski definition) is 2. The molecule has 21 heavy (non-hydrogen) atoms. The quantitative estimate of drug-likeness (QED) is 0.897. The molecule has 1 amide bonds. The Labute approximate surface area is 131 Å². The predicted octanol–water partition coefficient (Wildman–Crippen LogP) is 3.28. The van der Waals surface area contributed by atoms with Crippen LogP contribution in [0.15, 0.2) is 24.3 Å². The molecule has 0 aliphatic heterocycles. The van der Waals surface area contributed by atoms with Gasteiger partial charge >= 0.3 is 0 Å². The summed E-state index contributed by atoms with van der Waals surface area (Å²) in [7, 11) is 0. The summed E-state index contributed by atoms with van der Waals surface area (Å²) in [4.78, 5) is 12.6. The van der Waals surface area contributed by atoms with Crippen molar-refractivity contribution in [1.29, 1.82) is 0 Å². The third-order valence-electron chi connectivity index (χ3n) is 5.28. The fraction of sp³-hybridized carbons (Fsp3) is 0.588. The van der Waals surface area contributed by atoms with Crippen LogP contribution in [0.2, 0.25) is 5.02 Å². The highest BCUT2D eigenvalue weighted by atomic mass is 35.5. The van der Waals surface area contributed by atoms with Crippen molar-refractivity contribution < 1.29 is 4.79 Å². The third-order valence-corrected chi connectivity index (χ3v) is 5.53. The number of carbonyl (C=O) groups excluding carboxylic acids is 1. The van der Waals surface area contributed by atoms with Crippen LogP contribution in [0.25, 0.3) is 0 Å². The first-order valence-electron chi connectivity index (χ1n) is 7.91. The molecule has 1 aromatic rings. The van der Waals surface area contributed by atoms with Gasteiger partial charge in [-0.1, -0.05) is 30.7 Å². The van der Waals surface area contributed by atoms with Crippen molar-refractivity contribution >= 4 is 17.5 Å². The molecule has 2 saturated carbocycles. The second-order valence-corrected chi connectivity index (χ2v) is 6.89. The van der Waals surface area contributed by atoms with E-state index in [1.807, 2.05) is 24.3 Å². The molecule has 0 radical (unpaired) electrons. The standard InChI is InChI=1S/C17H23ClN2O/c1-2-14(10-5-7-13(18)8-6-10)20-17(21)15-11-3-4-12(9-11)16(15)19/h5-8,11-12,14-16H,2-4,9,19H2,1H3,(H,20,21). The molecule has 4 heteroatoms. The van der Waals surface area contributed by atoms with E-state index in [9.17, 15) is 4.79 Å². The Kier molecular flexibility index (Phi) is 4.23. The second kappa shape index (κ2) is 5.98. The molecule has 2 aliphatic carbocycles. The molecule has 0 saturated heterocycles. The zero-order valence-electron chi connectivity index (χ0n) is 12.4. The first kappa shape index (κ1) is 14.9. The molecule has 0 aromatic heterocycles. The van der Waals surface area contributed by atoms with Crippen molar-refractivity contribution in [2.45, 2.75) is 44.7 Å². The number of nitrogens with two attached hydrogens (primary N) is 1. The average Bonchev–Trinajstić information content (AvgIpc) is 3.06. The Bertz CT molecular complexity index is 514. The van der Waals surface area contributed by atoms with Crippen LogP contribution in [0.4, 0.5) is 0 Å². The topological polar surface area (TPSA) is 55.1 Å². The van der Waals surface area contributed by atoms with Crippen molar-refractivity contribution in [3.8, 4) is 0 Å². The lowest BCUT2D eigenvalue weighted by Gasteiger charge is -2.29. The van der Waals surface area contributed by atoms with Gasteiger partial charge in [-0.3, -0.25) is 4.79 Å². The van der Waals surface area contributed by atoms with Gasteiger partial charge in [0.2, 0.25) is 5.91 Å². The van der Waals surface area contributed by atoms with E-state index in [-0.39, 0.29) is 23.9 Å². The number of halogens is 1. The first-order chi connectivity index (χ1) is 10.1. The SMILES string of the molecule is CCC(NC(=O)C1C2CCC(C2)C1N)c1ccc(Cl)cc1. The van der Waals surface area contributed by atoms with Crippen LogP contribution in [0.3, 0.4) is 0 Å². The average molecular weight is 307 g/mol. The van der Waals surface area contributed by atoms with E-state index in [1.54, 1.807) is 0 Å². The monoisotopic (exact) mass is 306 g/mol. The van der Waals surface area contributed by atoms with E-state index >= 15 is 0 Å². The fourth-order valence-corrected chi connectivity index (χ4v) is 4.23. The summed E-state index contributed by atoms with van der Waals surface area (Å²) in [5.74, 6) is 1.19. The molecule has 1 aromatic carbocycles. The van der Waals surface area contributed by atoms with Gasteiger partial charge in [-0.25, -0.2) is 0 Å². The number of carbonyl (C=O) groups is 1. The molecule has 3 N–H and O–H groups in total. The molecule has 0 spiro atoms. The summed E-state index contributed by atoms with van der Waals surface area (Å²) in [6, 6.07) is 7.80. The van der Waals surface area contributed by atoms with Gasteiger partial charge in [0.05, 0.1) is 12.0 Å². The van der Waals surface area contributed by atoms with Gasteiger partial charge in [0.1, 0.15) is 0 Å². The van der Waals surface area contributed by atoms with E-state index in [1.165, 1.54) is 6.42 Å². The molecule has 2 aliphatic rings. The van der Waals surface area contributed by atoms with Crippen LogP contribution in [0.5, 0.6) is 0 Å². The van der Waals surface area contributed by atoms with Crippen LogP contribution in [0.1, 0.15) is 44.2 Å². The molecule has 5 atom stereocenters. The van der Waals surface area contributed by atoms with E-state index in [2.05, 4.69) is 12.2 Å². The minimum Gasteiger partial charge on any atom is -0.349 e. The lowest BCUT2D eigenvalue weighted by Crippen LogP contribution is -2.46. The van der Waals surface area contributed by atoms with Crippen LogP contribution in [0, 0.1) is 17.8 Å². The molecule has 3 rings (SSSR count). The van der Waals surface area contributed by atoms with E-state index in [4.69, 9.17) is 17.3 Å². The third kappa shape index (κ3) is 2.82. The number of fused-ring (bicyclic) bond motifs is 2. The second-order valence-electron chi connectivity index (χ2n) is 6.46. The summed E-state index contributed by atoms with van der Waals surface area (Å²) < 4.78 is 0. The molecular weight excluding hydrogens is 284 g/mol. The Morgan fingerprint density at radius 3 is 2.57 bits per heavy atom. The van der Waals surface area contributed by atoms with Gasteiger partial charge in [0.25, 0.3) is 0 Å². The maximum absolute atomic E-state index is 12.6. The van der Waals surface area contributed by atoms with Gasteiger partial charge < -0.3 is 11.1 Å². The summed E-state index contributed by atoms with van der Waals surface area (Å²) in [6.07, 6.45) is 4.36. The number of hydrogen-bond donors (Lipinski definition) is 2. The fourth-order valence-electron chi connectivity index (χ4n) is 4.11. The first-order valence-corrected chi connectivity index (χ1v) is 8.29. The number of amides is 1. The maximum atomic E-state index is 12.6. The van der Waals surface area contributed by atoms with Crippen molar-refractivity contribution in [1.82, 2.24) is 5.32 Å². The van der Waals surface area contributed by atoms with Crippen molar-refractivity contribution in [3.63, 3.8) is 0 Å².